The number of anilines is 12. The van der Waals surface area contributed by atoms with Crippen LogP contribution in [0.3, 0.4) is 0 Å². The van der Waals surface area contributed by atoms with Gasteiger partial charge in [0, 0.05) is 64.6 Å². The van der Waals surface area contributed by atoms with E-state index >= 15 is 0 Å². The fourth-order valence-electron chi connectivity index (χ4n) is 24.8. The highest BCUT2D eigenvalue weighted by Crippen LogP contribution is 2.58. The summed E-state index contributed by atoms with van der Waals surface area (Å²) in [5.74, 6) is 0. The van der Waals surface area contributed by atoms with Gasteiger partial charge in [0.25, 0.3) is 0 Å². The van der Waals surface area contributed by atoms with Gasteiger partial charge in [0.1, 0.15) is 22.3 Å². The zero-order valence-electron chi connectivity index (χ0n) is 80.1. The van der Waals surface area contributed by atoms with E-state index in [0.29, 0.717) is 0 Å². The molecule has 0 amide bonds. The first-order valence-electron chi connectivity index (χ1n) is 48.6. The predicted molar refractivity (Wildman–Crippen MR) is 595 cm³/mol. The van der Waals surface area contributed by atoms with Crippen LogP contribution in [0.15, 0.2) is 382 Å². The lowest BCUT2D eigenvalue weighted by atomic mass is 9.91. The molecule has 668 valence electrons. The van der Waals surface area contributed by atoms with Crippen LogP contribution in [0.5, 0.6) is 0 Å². The fourth-order valence-corrected chi connectivity index (χ4v) is 24.8. The Kier molecular flexibility index (Phi) is 18.3. The molecule has 0 aliphatic rings. The van der Waals surface area contributed by atoms with Crippen molar-refractivity contribution in [2.45, 2.75) is 83.1 Å². The first-order valence-corrected chi connectivity index (χ1v) is 48.6. The average molecular weight is 1800 g/mol. The van der Waals surface area contributed by atoms with Crippen LogP contribution in [-0.2, 0) is 0 Å². The first-order chi connectivity index (χ1) is 68.4. The van der Waals surface area contributed by atoms with Gasteiger partial charge in [0.15, 0.2) is 22.3 Å². The largest absolute Gasteiger partial charge is 0.454 e. The van der Waals surface area contributed by atoms with Crippen molar-refractivity contribution in [2.24, 2.45) is 0 Å². The highest BCUT2D eigenvalue weighted by molar-refractivity contribution is 6.34. The molecule has 0 saturated carbocycles. The number of nitrogens with zero attached hydrogens (tertiary/aromatic N) is 4. The van der Waals surface area contributed by atoms with Crippen molar-refractivity contribution in [1.29, 1.82) is 0 Å². The Bertz CT molecular complexity index is 9510. The third kappa shape index (κ3) is 12.3. The third-order valence-corrected chi connectivity index (χ3v) is 30.0. The summed E-state index contributed by atoms with van der Waals surface area (Å²) in [5, 5.41) is 32.9. The van der Waals surface area contributed by atoms with Crippen LogP contribution in [0.4, 0.5) is 68.2 Å². The molecule has 0 bridgehead atoms. The molecule has 0 unspecified atom stereocenters. The standard InChI is InChI=1S/2C66H48N2O2/c1-37-31-39(3)63(40(4)32-37)67(55-35-45-15-7-9-17-47(45)61-51-19-11-13-21-57(51)69-65(55)61)53-29-25-43-24-28-50-54(30-26-44-23-27-49(53)59(43)60(44)50)68(64-41(5)33-38(2)34-42(64)6)56-36-46-16-8-10-18-48(46)62-52-20-12-14-22-58(52)70-66(56)62;1-37-33-39(3)63(40(4)34-37)67(55-19-11-17-51-61-47-15-9-7-13-43(47)25-31-57(61)69-65(51)55)53-29-23-45-22-28-50-54(30-24-46-21-27-49(53)59(45)60(46)50)68(64-41(5)35-38(2)36-42(64)6)56-20-12-18-52-62-48-16-10-8-14-44(48)26-32-58(62)70-66(52)56/h2*7-36H,1-6H3. The van der Waals surface area contributed by atoms with Crippen LogP contribution in [0.25, 0.3) is 195 Å². The molecule has 8 nitrogen and oxygen atoms in total. The van der Waals surface area contributed by atoms with Crippen molar-refractivity contribution in [2.75, 3.05) is 19.6 Å². The topological polar surface area (TPSA) is 65.5 Å². The smallest absolute Gasteiger partial charge is 0.160 e. The van der Waals surface area contributed by atoms with Crippen molar-refractivity contribution < 1.29 is 17.7 Å². The maximum absolute atomic E-state index is 7.02. The number of hydrogen-bond acceptors (Lipinski definition) is 8. The number of furan rings is 4. The van der Waals surface area contributed by atoms with E-state index in [1.54, 1.807) is 0 Å². The van der Waals surface area contributed by atoms with Gasteiger partial charge in [-0.1, -0.05) is 313 Å². The molecule has 0 N–H and O–H groups in total. The van der Waals surface area contributed by atoms with E-state index in [2.05, 4.69) is 467 Å². The molecule has 0 radical (unpaired) electrons. The molecule has 24 aromatic carbocycles. The van der Waals surface area contributed by atoms with Crippen molar-refractivity contribution in [3.05, 3.63) is 431 Å². The molecule has 0 atom stereocenters. The SMILES string of the molecule is Cc1cc(C)c(N(c2ccc3ccc4c(N(c5c(C)cc(C)cc5C)c5cc6ccccc6c6c5oc5ccccc56)ccc5ccc2c3c54)c2cc3ccccc3c3c2oc2ccccc23)c(C)c1.Cc1cc(C)c(N(c2ccc3ccc4c(N(c5c(C)cc(C)cc5C)c5cccc6c5oc5ccc7ccccc7c56)ccc5ccc2c3c54)c2cccc3c2oc2ccc4ccccc4c23)c(C)c1. The van der Waals surface area contributed by atoms with E-state index in [4.69, 9.17) is 17.7 Å². The monoisotopic (exact) mass is 1800 g/mol. The minimum absolute atomic E-state index is 0.869. The number of aryl methyl sites for hydroxylation is 12. The van der Waals surface area contributed by atoms with Crippen molar-refractivity contribution >= 4 is 264 Å². The van der Waals surface area contributed by atoms with Crippen LogP contribution in [-0.4, -0.2) is 0 Å². The summed E-state index contributed by atoms with van der Waals surface area (Å²) >= 11 is 0. The normalized spacial score (nSPS) is 12.1. The Labute approximate surface area is 809 Å². The summed E-state index contributed by atoms with van der Waals surface area (Å²) in [7, 11) is 0. The number of fused-ring (bicyclic) bond motifs is 20. The lowest BCUT2D eigenvalue weighted by Gasteiger charge is -2.32. The van der Waals surface area contributed by atoms with Gasteiger partial charge in [0.2, 0.25) is 0 Å². The lowest BCUT2D eigenvalue weighted by Crippen LogP contribution is -2.15. The molecule has 0 spiro atoms. The minimum Gasteiger partial charge on any atom is -0.454 e. The predicted octanol–water partition coefficient (Wildman–Crippen LogP) is 39.0. The van der Waals surface area contributed by atoms with E-state index < -0.39 is 0 Å². The van der Waals surface area contributed by atoms with Gasteiger partial charge in [-0.25, -0.2) is 0 Å². The van der Waals surface area contributed by atoms with E-state index in [9.17, 15) is 0 Å². The van der Waals surface area contributed by atoms with Crippen molar-refractivity contribution in [1.82, 2.24) is 0 Å². The Hall–Kier alpha value is -17.2. The summed E-state index contributed by atoms with van der Waals surface area (Å²) in [6, 6.07) is 134. The van der Waals surface area contributed by atoms with Gasteiger partial charge in [-0.15, -0.1) is 0 Å². The highest BCUT2D eigenvalue weighted by Gasteiger charge is 2.34. The molecule has 4 heterocycles. The quantitative estimate of drug-likeness (QED) is 0.112. The number of hydrogen-bond donors (Lipinski definition) is 0. The second-order valence-corrected chi connectivity index (χ2v) is 39.2. The molecule has 28 aromatic rings. The Morgan fingerprint density at radius 3 is 0.700 bits per heavy atom. The minimum atomic E-state index is 0.869. The van der Waals surface area contributed by atoms with Gasteiger partial charge in [-0.2, -0.15) is 0 Å². The van der Waals surface area contributed by atoms with Crippen molar-refractivity contribution in [3.8, 4) is 0 Å². The molecule has 0 fully saturated rings. The number of benzene rings is 24. The van der Waals surface area contributed by atoms with Crippen LogP contribution in [0, 0.1) is 83.1 Å². The summed E-state index contributed by atoms with van der Waals surface area (Å²) in [6.07, 6.45) is 0. The molecular weight excluding hydrogens is 1710 g/mol. The highest BCUT2D eigenvalue weighted by atomic mass is 16.3. The number of rotatable bonds is 12. The van der Waals surface area contributed by atoms with Gasteiger partial charge < -0.3 is 37.3 Å². The maximum atomic E-state index is 7.02. The molecule has 28 rings (SSSR count). The van der Waals surface area contributed by atoms with Crippen molar-refractivity contribution in [3.63, 3.8) is 0 Å². The second-order valence-electron chi connectivity index (χ2n) is 39.2. The van der Waals surface area contributed by atoms with E-state index in [1.165, 1.54) is 174 Å². The van der Waals surface area contributed by atoms with Gasteiger partial charge in [-0.05, 0) is 287 Å². The Morgan fingerprint density at radius 2 is 0.386 bits per heavy atom. The summed E-state index contributed by atoms with van der Waals surface area (Å²) < 4.78 is 28.1. The number of para-hydroxylation sites is 4. The molecule has 140 heavy (non-hydrogen) atoms. The zero-order chi connectivity index (χ0) is 94.2. The van der Waals surface area contributed by atoms with E-state index in [1.807, 2.05) is 0 Å². The first kappa shape index (κ1) is 82.3. The summed E-state index contributed by atoms with van der Waals surface area (Å²) in [5.41, 5.74) is 34.7. The van der Waals surface area contributed by atoms with Crippen LogP contribution in [0.2, 0.25) is 0 Å². The van der Waals surface area contributed by atoms with Gasteiger partial charge in [0.05, 0.1) is 68.2 Å². The lowest BCUT2D eigenvalue weighted by molar-refractivity contribution is 0.669. The molecule has 0 aliphatic heterocycles. The zero-order valence-corrected chi connectivity index (χ0v) is 80.1. The molecule has 4 aromatic heterocycles. The van der Waals surface area contributed by atoms with Crippen LogP contribution >= 0.6 is 0 Å². The second kappa shape index (κ2) is 31.2. The van der Waals surface area contributed by atoms with E-state index in [-0.39, 0.29) is 0 Å². The Balaban J connectivity index is 0.000000141. The Morgan fingerprint density at radius 1 is 0.143 bits per heavy atom. The maximum Gasteiger partial charge on any atom is 0.160 e. The fraction of sp³-hybridized carbons (Fsp3) is 0.0909. The average Bonchev–Trinajstić information content (AvgIpc) is 1.05. The van der Waals surface area contributed by atoms with E-state index in [0.717, 1.165) is 156 Å². The third-order valence-electron chi connectivity index (χ3n) is 30.0. The molecule has 0 aliphatic carbocycles. The van der Waals surface area contributed by atoms with Gasteiger partial charge in [-0.3, -0.25) is 0 Å². The van der Waals surface area contributed by atoms with Crippen LogP contribution in [0.1, 0.15) is 66.8 Å². The van der Waals surface area contributed by atoms with Gasteiger partial charge >= 0.3 is 0 Å². The molecular formula is C132H96N4O4. The summed E-state index contributed by atoms with van der Waals surface area (Å²) in [6.45, 7) is 26.7. The van der Waals surface area contributed by atoms with Crippen LogP contribution < -0.4 is 19.6 Å². The molecule has 0 saturated heterocycles. The molecule has 8 heteroatoms. The summed E-state index contributed by atoms with van der Waals surface area (Å²) in [4.78, 5) is 9.93.